The number of unbranched alkanes of at least 4 members (excludes halogenated alkanes) is 4. The van der Waals surface area contributed by atoms with E-state index in [4.69, 9.17) is 4.74 Å². The van der Waals surface area contributed by atoms with Crippen LogP contribution in [0.25, 0.3) is 0 Å². The second kappa shape index (κ2) is 11.9. The van der Waals surface area contributed by atoms with Gasteiger partial charge in [0.25, 0.3) is 0 Å². The largest absolute Gasteiger partial charge is 0.480 e. The third kappa shape index (κ3) is 9.23. The molecule has 0 aliphatic carbocycles. The van der Waals surface area contributed by atoms with Crippen molar-refractivity contribution in [2.24, 2.45) is 0 Å². The van der Waals surface area contributed by atoms with Crippen molar-refractivity contribution >= 4 is 23.7 Å². The molecule has 1 atom stereocenters. The topological polar surface area (TPSA) is 76.5 Å². The number of pyridine rings is 1. The quantitative estimate of drug-likeness (QED) is 0.353. The molecule has 0 aliphatic heterocycles. The number of hydrogen-bond donors (Lipinski definition) is 1. The molecule has 0 saturated heterocycles. The van der Waals surface area contributed by atoms with Crippen LogP contribution < -0.4 is 0 Å². The van der Waals surface area contributed by atoms with Gasteiger partial charge in [-0.1, -0.05) is 43.5 Å². The van der Waals surface area contributed by atoms with Gasteiger partial charge in [0, 0.05) is 12.6 Å². The molecule has 0 spiro atoms. The van der Waals surface area contributed by atoms with Gasteiger partial charge in [0.05, 0.1) is 11.6 Å². The maximum absolute atomic E-state index is 11.3. The Labute approximate surface area is 141 Å². The molecule has 1 aromatic heterocycles. The molecule has 1 heterocycles. The molecule has 0 aromatic carbocycles. The Morgan fingerprint density at radius 2 is 1.96 bits per heavy atom. The van der Waals surface area contributed by atoms with Crippen LogP contribution in [-0.2, 0) is 14.3 Å². The van der Waals surface area contributed by atoms with Gasteiger partial charge in [-0.15, -0.1) is 0 Å². The highest BCUT2D eigenvalue weighted by Gasteiger charge is 2.18. The average Bonchev–Trinajstić information content (AvgIpc) is 2.54. The standard InChI is InChI=1S/C17H25NO4S/c1-2-22-16(19)12-7-5-3-4-6-10-14(17(20)21)23-15-11-8-9-13-18-15/h8-9,11,13-14H,2-7,10,12H2,1H3,(H,20,21). The molecular weight excluding hydrogens is 314 g/mol. The van der Waals surface area contributed by atoms with Crippen LogP contribution in [0.5, 0.6) is 0 Å². The molecule has 0 amide bonds. The zero-order chi connectivity index (χ0) is 16.9. The first-order valence-electron chi connectivity index (χ1n) is 8.09. The van der Waals surface area contributed by atoms with Crippen LogP contribution in [-0.4, -0.2) is 33.9 Å². The monoisotopic (exact) mass is 339 g/mol. The summed E-state index contributed by atoms with van der Waals surface area (Å²) in [7, 11) is 0. The first-order valence-corrected chi connectivity index (χ1v) is 8.97. The number of esters is 1. The Bertz CT molecular complexity index is 467. The van der Waals surface area contributed by atoms with Crippen molar-refractivity contribution in [1.29, 1.82) is 0 Å². The van der Waals surface area contributed by atoms with Crippen LogP contribution >= 0.6 is 11.8 Å². The van der Waals surface area contributed by atoms with Gasteiger partial charge < -0.3 is 9.84 Å². The van der Waals surface area contributed by atoms with Crippen LogP contribution in [0.1, 0.15) is 51.9 Å². The first-order chi connectivity index (χ1) is 11.1. The normalized spacial score (nSPS) is 11.9. The number of aromatic nitrogens is 1. The SMILES string of the molecule is CCOC(=O)CCCCCCCC(Sc1ccccn1)C(=O)O. The summed E-state index contributed by atoms with van der Waals surface area (Å²) >= 11 is 1.30. The maximum atomic E-state index is 11.3. The predicted molar refractivity (Wildman–Crippen MR) is 90.5 cm³/mol. The van der Waals surface area contributed by atoms with E-state index in [9.17, 15) is 14.7 Å². The van der Waals surface area contributed by atoms with Gasteiger partial charge in [-0.25, -0.2) is 4.98 Å². The van der Waals surface area contributed by atoms with E-state index in [0.29, 0.717) is 19.4 Å². The second-order valence-corrected chi connectivity index (χ2v) is 6.45. The Balaban J connectivity index is 2.14. The van der Waals surface area contributed by atoms with Crippen molar-refractivity contribution in [3.05, 3.63) is 24.4 Å². The Hall–Kier alpha value is -1.56. The molecule has 1 unspecified atom stereocenters. The molecule has 0 saturated carbocycles. The Morgan fingerprint density at radius 1 is 1.22 bits per heavy atom. The Morgan fingerprint density at radius 3 is 2.61 bits per heavy atom. The molecule has 1 aromatic rings. The molecular formula is C17H25NO4S. The van der Waals surface area contributed by atoms with Crippen molar-refractivity contribution in [2.75, 3.05) is 6.61 Å². The number of ether oxygens (including phenoxy) is 1. The molecule has 5 nitrogen and oxygen atoms in total. The number of hydrogen-bond acceptors (Lipinski definition) is 5. The highest BCUT2D eigenvalue weighted by molar-refractivity contribution is 8.00. The van der Waals surface area contributed by atoms with Crippen molar-refractivity contribution in [2.45, 2.75) is 62.1 Å². The van der Waals surface area contributed by atoms with E-state index in [2.05, 4.69) is 4.98 Å². The summed E-state index contributed by atoms with van der Waals surface area (Å²) in [6, 6.07) is 5.50. The van der Waals surface area contributed by atoms with E-state index in [1.54, 1.807) is 13.1 Å². The molecule has 0 fully saturated rings. The number of carbonyl (C=O) groups excluding carboxylic acids is 1. The van der Waals surface area contributed by atoms with Crippen LogP contribution in [0.4, 0.5) is 0 Å². The fourth-order valence-electron chi connectivity index (χ4n) is 2.16. The van der Waals surface area contributed by atoms with Gasteiger partial charge in [-0.2, -0.15) is 0 Å². The van der Waals surface area contributed by atoms with Gasteiger partial charge >= 0.3 is 11.9 Å². The van der Waals surface area contributed by atoms with Gasteiger partial charge in [0.15, 0.2) is 0 Å². The molecule has 0 bridgehead atoms. The number of rotatable bonds is 12. The van der Waals surface area contributed by atoms with Crippen molar-refractivity contribution in [3.8, 4) is 0 Å². The van der Waals surface area contributed by atoms with Crippen LogP contribution in [0.2, 0.25) is 0 Å². The molecule has 0 aliphatic rings. The third-order valence-electron chi connectivity index (χ3n) is 3.33. The minimum absolute atomic E-state index is 0.134. The van der Waals surface area contributed by atoms with Gasteiger partial charge in [-0.05, 0) is 31.9 Å². The highest BCUT2D eigenvalue weighted by Crippen LogP contribution is 2.25. The van der Waals surface area contributed by atoms with Crippen LogP contribution in [0, 0.1) is 0 Å². The van der Waals surface area contributed by atoms with Crippen LogP contribution in [0.15, 0.2) is 29.4 Å². The van der Waals surface area contributed by atoms with Crippen molar-refractivity contribution in [3.63, 3.8) is 0 Å². The summed E-state index contributed by atoms with van der Waals surface area (Å²) in [5.41, 5.74) is 0. The summed E-state index contributed by atoms with van der Waals surface area (Å²) in [5.74, 6) is -0.923. The number of carboxylic acids is 1. The van der Waals surface area contributed by atoms with E-state index in [0.717, 1.165) is 37.1 Å². The molecule has 0 radical (unpaired) electrons. The molecule has 1 N–H and O–H groups in total. The third-order valence-corrected chi connectivity index (χ3v) is 4.53. The summed E-state index contributed by atoms with van der Waals surface area (Å²) in [6.07, 6.45) is 7.46. The van der Waals surface area contributed by atoms with E-state index >= 15 is 0 Å². The van der Waals surface area contributed by atoms with E-state index in [-0.39, 0.29) is 5.97 Å². The Kier molecular flexibility index (Phi) is 10.1. The van der Waals surface area contributed by atoms with Gasteiger partial charge in [-0.3, -0.25) is 9.59 Å². The van der Waals surface area contributed by atoms with Crippen molar-refractivity contribution in [1.82, 2.24) is 4.98 Å². The minimum atomic E-state index is -0.789. The molecule has 6 heteroatoms. The fraction of sp³-hybridized carbons (Fsp3) is 0.588. The second-order valence-electron chi connectivity index (χ2n) is 5.22. The van der Waals surface area contributed by atoms with Gasteiger partial charge in [0.1, 0.15) is 5.25 Å². The number of aliphatic carboxylic acids is 1. The molecule has 23 heavy (non-hydrogen) atoms. The number of thioether (sulfide) groups is 1. The highest BCUT2D eigenvalue weighted by atomic mass is 32.2. The molecule has 1 rings (SSSR count). The lowest BCUT2D eigenvalue weighted by Gasteiger charge is -2.11. The average molecular weight is 339 g/mol. The first kappa shape index (κ1) is 19.5. The summed E-state index contributed by atoms with van der Waals surface area (Å²) in [6.45, 7) is 2.24. The van der Waals surface area contributed by atoms with E-state index < -0.39 is 11.2 Å². The van der Waals surface area contributed by atoms with Crippen LogP contribution in [0.3, 0.4) is 0 Å². The lowest BCUT2D eigenvalue weighted by molar-refractivity contribution is -0.143. The smallest absolute Gasteiger partial charge is 0.317 e. The lowest BCUT2D eigenvalue weighted by Crippen LogP contribution is -2.16. The molecule has 128 valence electrons. The van der Waals surface area contributed by atoms with E-state index in [1.807, 2.05) is 18.2 Å². The number of carbonyl (C=O) groups is 2. The van der Waals surface area contributed by atoms with E-state index in [1.165, 1.54) is 11.8 Å². The fourth-order valence-corrected chi connectivity index (χ4v) is 3.11. The van der Waals surface area contributed by atoms with Crippen molar-refractivity contribution < 1.29 is 19.4 Å². The minimum Gasteiger partial charge on any atom is -0.480 e. The number of carboxylic acid groups (broad SMARTS) is 1. The zero-order valence-electron chi connectivity index (χ0n) is 13.6. The zero-order valence-corrected chi connectivity index (χ0v) is 14.4. The lowest BCUT2D eigenvalue weighted by atomic mass is 10.1. The van der Waals surface area contributed by atoms with Gasteiger partial charge in [0.2, 0.25) is 0 Å². The predicted octanol–water partition coefficient (Wildman–Crippen LogP) is 3.92. The summed E-state index contributed by atoms with van der Waals surface area (Å²) in [4.78, 5) is 26.6. The maximum Gasteiger partial charge on any atom is 0.317 e. The summed E-state index contributed by atoms with van der Waals surface area (Å²) in [5, 5.41) is 9.58. The number of nitrogens with zero attached hydrogens (tertiary/aromatic N) is 1. The summed E-state index contributed by atoms with van der Waals surface area (Å²) < 4.78 is 4.87.